The van der Waals surface area contributed by atoms with E-state index in [4.69, 9.17) is 21.1 Å². The zero-order chi connectivity index (χ0) is 36.2. The van der Waals surface area contributed by atoms with E-state index in [1.54, 1.807) is 48.4 Å². The van der Waals surface area contributed by atoms with Gasteiger partial charge >= 0.3 is 0 Å². The van der Waals surface area contributed by atoms with Crippen LogP contribution in [0.15, 0.2) is 88.8 Å². The van der Waals surface area contributed by atoms with Gasteiger partial charge in [-0.15, -0.1) is 0 Å². The third-order valence-electron chi connectivity index (χ3n) is 10.4. The normalized spacial score (nSPS) is 26.3. The van der Waals surface area contributed by atoms with E-state index in [9.17, 15) is 13.8 Å². The number of hydrogen-bond donors (Lipinski definition) is 0. The lowest BCUT2D eigenvalue weighted by Gasteiger charge is -2.43. The summed E-state index contributed by atoms with van der Waals surface area (Å²) in [6.07, 6.45) is 14.4. The number of methoxy groups -OCH3 is 1. The fourth-order valence-corrected chi connectivity index (χ4v) is 9.49. The average molecular weight is 742 g/mol. The molecular weight excluding hydrogens is 698 g/mol. The van der Waals surface area contributed by atoms with Crippen LogP contribution in [-0.2, 0) is 27.4 Å². The van der Waals surface area contributed by atoms with Crippen LogP contribution >= 0.6 is 11.6 Å². The van der Waals surface area contributed by atoms with Gasteiger partial charge in [0.25, 0.3) is 11.8 Å². The molecule has 2 aromatic heterocycles. The minimum absolute atomic E-state index is 0.0464. The van der Waals surface area contributed by atoms with Gasteiger partial charge in [-0.2, -0.15) is 4.36 Å². The lowest BCUT2D eigenvalue weighted by Crippen LogP contribution is -2.43. The number of amides is 2. The number of aryl methyl sites for hydroxylation is 1. The van der Waals surface area contributed by atoms with Crippen LogP contribution in [0, 0.1) is 17.8 Å². The Hall–Kier alpha value is -4.32. The number of ether oxygens (including phenoxy) is 2. The third kappa shape index (κ3) is 8.17. The number of fused-ring (bicyclic) bond motifs is 4. The van der Waals surface area contributed by atoms with Gasteiger partial charge in [-0.05, 0) is 110 Å². The summed E-state index contributed by atoms with van der Waals surface area (Å²) in [4.78, 5) is 37.7. The van der Waals surface area contributed by atoms with Crippen molar-refractivity contribution in [3.05, 3.63) is 107 Å². The monoisotopic (exact) mass is 741 g/mol. The lowest BCUT2D eigenvalue weighted by atomic mass is 9.70. The summed E-state index contributed by atoms with van der Waals surface area (Å²) in [5, 5.41) is 0.712. The Morgan fingerprint density at radius 2 is 2.00 bits per heavy atom. The summed E-state index contributed by atoms with van der Waals surface area (Å²) in [7, 11) is -1.66. The van der Waals surface area contributed by atoms with Crippen molar-refractivity contribution in [3.8, 4) is 5.75 Å². The Labute approximate surface area is 310 Å². The number of benzene rings is 2. The van der Waals surface area contributed by atoms with E-state index in [0.717, 1.165) is 55.4 Å². The summed E-state index contributed by atoms with van der Waals surface area (Å²) < 4.78 is 33.0. The van der Waals surface area contributed by atoms with Crippen LogP contribution in [-0.4, -0.2) is 63.1 Å². The largest absolute Gasteiger partial charge is 0.491 e. The molecule has 10 nitrogen and oxygen atoms in total. The van der Waals surface area contributed by atoms with Gasteiger partial charge in [0.15, 0.2) is 0 Å². The Morgan fingerprint density at radius 1 is 1.12 bits per heavy atom. The summed E-state index contributed by atoms with van der Waals surface area (Å²) >= 11 is 6.47. The highest BCUT2D eigenvalue weighted by atomic mass is 35.5. The van der Waals surface area contributed by atoms with Crippen LogP contribution in [0.3, 0.4) is 0 Å². The molecule has 2 aromatic carbocycles. The third-order valence-corrected chi connectivity index (χ3v) is 12.6. The van der Waals surface area contributed by atoms with E-state index in [1.807, 2.05) is 25.1 Å². The van der Waals surface area contributed by atoms with Gasteiger partial charge in [0.2, 0.25) is 0 Å². The fraction of sp³-hybridized carbons (Fsp3) is 0.400. The number of carbonyl (C=O) groups is 2. The number of aromatic nitrogens is 2. The van der Waals surface area contributed by atoms with E-state index in [-0.39, 0.29) is 23.3 Å². The molecule has 0 spiro atoms. The van der Waals surface area contributed by atoms with E-state index in [1.165, 1.54) is 11.1 Å². The Morgan fingerprint density at radius 3 is 2.81 bits per heavy atom. The Balaban J connectivity index is 1.30. The van der Waals surface area contributed by atoms with Gasteiger partial charge in [0.1, 0.15) is 11.3 Å². The van der Waals surface area contributed by atoms with E-state index >= 15 is 0 Å². The number of aliphatic imine (C=N–C) groups is 1. The molecule has 272 valence electrons. The highest BCUT2D eigenvalue weighted by molar-refractivity contribution is 8.06. The lowest BCUT2D eigenvalue weighted by molar-refractivity contribution is 0.0133. The van der Waals surface area contributed by atoms with Gasteiger partial charge < -0.3 is 18.8 Å². The molecule has 2 amide bonds. The molecule has 1 fully saturated rings. The van der Waals surface area contributed by atoms with E-state index in [2.05, 4.69) is 43.5 Å². The van der Waals surface area contributed by atoms with Gasteiger partial charge in [-0.1, -0.05) is 36.7 Å². The maximum atomic E-state index is 14.6. The second-order valence-electron chi connectivity index (χ2n) is 14.2. The molecule has 0 radical (unpaired) electrons. The van der Waals surface area contributed by atoms with Crippen molar-refractivity contribution in [1.29, 1.82) is 0 Å². The first kappa shape index (κ1) is 36.1. The molecule has 1 saturated carbocycles. The molecule has 52 heavy (non-hydrogen) atoms. The van der Waals surface area contributed by atoms with Crippen molar-refractivity contribution in [1.82, 2.24) is 9.38 Å². The second kappa shape index (κ2) is 15.7. The Bertz CT molecular complexity index is 2120. The first-order chi connectivity index (χ1) is 25.2. The maximum absolute atomic E-state index is 14.6. The van der Waals surface area contributed by atoms with E-state index < -0.39 is 21.5 Å². The molecule has 1 aliphatic carbocycles. The molecule has 7 rings (SSSR count). The molecule has 2 aliphatic heterocycles. The minimum atomic E-state index is -3.41. The van der Waals surface area contributed by atoms with Gasteiger partial charge in [0, 0.05) is 54.4 Å². The zero-order valence-electron chi connectivity index (χ0n) is 29.5. The number of hydrogen-bond acceptors (Lipinski definition) is 7. The number of halogens is 1. The fourth-order valence-electron chi connectivity index (χ4n) is 7.49. The first-order valence-corrected chi connectivity index (χ1v) is 20.1. The SMILES string of the molecule is CO[C@H]1/C=C/C[C@H](C)CS(=O)(C=NC(=O)c2cc3ccncn3c2)=NC(=O)c2ccc3c(c2)N(Cc2ccc(Cl)cc2CCCCO3)C[C@@H]2CC[C@H]21. The number of rotatable bonds is 3. The van der Waals surface area contributed by atoms with Crippen LogP contribution in [0.2, 0.25) is 5.02 Å². The number of nitrogens with zero attached hydrogens (tertiary/aromatic N) is 5. The summed E-state index contributed by atoms with van der Waals surface area (Å²) in [5.74, 6) is 0.0728. The van der Waals surface area contributed by atoms with Gasteiger partial charge in [0.05, 0.1) is 40.0 Å². The van der Waals surface area contributed by atoms with Crippen molar-refractivity contribution in [2.75, 3.05) is 30.9 Å². The molecule has 5 atom stereocenters. The van der Waals surface area contributed by atoms with Crippen LogP contribution in [0.5, 0.6) is 5.75 Å². The quantitative estimate of drug-likeness (QED) is 0.120. The molecular formula is C40H44ClN5O5S. The molecule has 1 unspecified atom stereocenters. The van der Waals surface area contributed by atoms with Gasteiger partial charge in [-0.25, -0.2) is 14.2 Å². The number of anilines is 1. The summed E-state index contributed by atoms with van der Waals surface area (Å²) in [5.41, 5.74) is 5.63. The molecule has 12 heteroatoms. The molecule has 4 heterocycles. The molecule has 4 aromatic rings. The first-order valence-electron chi connectivity index (χ1n) is 18.0. The second-order valence-corrected chi connectivity index (χ2v) is 16.7. The van der Waals surface area contributed by atoms with Crippen molar-refractivity contribution >= 4 is 49.9 Å². The average Bonchev–Trinajstić information content (AvgIpc) is 3.55. The minimum Gasteiger partial charge on any atom is -0.491 e. The summed E-state index contributed by atoms with van der Waals surface area (Å²) in [6, 6.07) is 14.9. The van der Waals surface area contributed by atoms with Crippen molar-refractivity contribution < 1.29 is 23.3 Å². The van der Waals surface area contributed by atoms with Crippen molar-refractivity contribution in [2.45, 2.75) is 58.1 Å². The van der Waals surface area contributed by atoms with Crippen LogP contribution in [0.4, 0.5) is 5.69 Å². The summed E-state index contributed by atoms with van der Waals surface area (Å²) in [6.45, 7) is 3.83. The highest BCUT2D eigenvalue weighted by Crippen LogP contribution is 2.42. The molecule has 2 bridgehead atoms. The van der Waals surface area contributed by atoms with Crippen LogP contribution in [0.25, 0.3) is 5.52 Å². The number of allylic oxidation sites excluding steroid dienone is 1. The predicted molar refractivity (Wildman–Crippen MR) is 205 cm³/mol. The maximum Gasteiger partial charge on any atom is 0.285 e. The van der Waals surface area contributed by atoms with Crippen LogP contribution < -0.4 is 9.64 Å². The van der Waals surface area contributed by atoms with Crippen molar-refractivity contribution in [2.24, 2.45) is 27.1 Å². The zero-order valence-corrected chi connectivity index (χ0v) is 31.1. The highest BCUT2D eigenvalue weighted by Gasteiger charge is 2.38. The smallest absolute Gasteiger partial charge is 0.285 e. The van der Waals surface area contributed by atoms with Gasteiger partial charge in [-0.3, -0.25) is 9.59 Å². The molecule has 3 aliphatic rings. The van der Waals surface area contributed by atoms with Crippen LogP contribution in [0.1, 0.15) is 70.9 Å². The molecule has 0 N–H and O–H groups in total. The number of carbonyl (C=O) groups excluding carboxylic acids is 2. The predicted octanol–water partition coefficient (Wildman–Crippen LogP) is 7.82. The molecule has 0 saturated heterocycles. The topological polar surface area (TPSA) is 115 Å². The van der Waals surface area contributed by atoms with Crippen molar-refractivity contribution in [3.63, 3.8) is 0 Å². The standard InChI is InChI=1S/C40H44ClN5O5S/c1-27-6-5-8-37(50-2)35-13-10-31(35)22-45-21-30-9-12-33(41)18-28(30)7-3-4-17-51-38-14-11-29(20-36(38)45)40(48)44-52(49,24-27)26-43-39(47)32-19-34-15-16-42-25-46(34)23-32/h5,8-9,11-12,14-16,18-20,23,25-27,31,35,37H,3-4,6-7,10,13,17,21-22,24H2,1-2H3/b8-5+,43-26?/t27-,31-,35+,37-,52?/m0/s1. The Kier molecular flexibility index (Phi) is 10.9. The van der Waals surface area contributed by atoms with E-state index in [0.29, 0.717) is 47.7 Å².